The fraction of sp³-hybridized carbons (Fsp3) is 0.538. The second-order valence-electron chi connectivity index (χ2n) is 5.05. The summed E-state index contributed by atoms with van der Waals surface area (Å²) in [5, 5.41) is 3.99. The number of rotatable bonds is 1. The minimum absolute atomic E-state index is 0. The summed E-state index contributed by atoms with van der Waals surface area (Å²) in [6.45, 7) is 1.63. The Morgan fingerprint density at radius 2 is 2.11 bits per heavy atom. The van der Waals surface area contributed by atoms with Crippen LogP contribution in [-0.4, -0.2) is 41.0 Å². The molecule has 19 heavy (non-hydrogen) atoms. The summed E-state index contributed by atoms with van der Waals surface area (Å²) in [5.74, 6) is 0.0634. The van der Waals surface area contributed by atoms with Crippen LogP contribution in [0.25, 0.3) is 0 Å². The number of nitrogens with one attached hydrogen (secondary N) is 1. The summed E-state index contributed by atoms with van der Waals surface area (Å²) < 4.78 is 0. The van der Waals surface area contributed by atoms with Gasteiger partial charge >= 0.3 is 0 Å². The van der Waals surface area contributed by atoms with Crippen molar-refractivity contribution in [3.63, 3.8) is 0 Å². The van der Waals surface area contributed by atoms with E-state index in [9.17, 15) is 4.79 Å². The van der Waals surface area contributed by atoms with Gasteiger partial charge in [0, 0.05) is 31.4 Å². The third kappa shape index (κ3) is 3.19. The van der Waals surface area contributed by atoms with Crippen molar-refractivity contribution in [3.8, 4) is 0 Å². The van der Waals surface area contributed by atoms with Gasteiger partial charge in [-0.15, -0.1) is 12.4 Å². The van der Waals surface area contributed by atoms with Gasteiger partial charge in [0.2, 0.25) is 0 Å². The highest BCUT2D eigenvalue weighted by molar-refractivity contribution is 6.29. The van der Waals surface area contributed by atoms with Gasteiger partial charge in [0.25, 0.3) is 5.91 Å². The second kappa shape index (κ2) is 6.07. The molecule has 0 radical (unpaired) electrons. The lowest BCUT2D eigenvalue weighted by atomic mass is 10.1. The molecule has 0 spiro atoms. The first-order valence-corrected chi connectivity index (χ1v) is 6.77. The van der Waals surface area contributed by atoms with Crippen LogP contribution in [0.2, 0.25) is 5.15 Å². The Labute approximate surface area is 123 Å². The van der Waals surface area contributed by atoms with Crippen molar-refractivity contribution in [2.75, 3.05) is 13.1 Å². The van der Waals surface area contributed by atoms with E-state index in [0.717, 1.165) is 19.5 Å². The van der Waals surface area contributed by atoms with Crippen molar-refractivity contribution < 1.29 is 4.79 Å². The molecular formula is C13H17Cl2N3O. The molecule has 1 N–H and O–H groups in total. The van der Waals surface area contributed by atoms with Crippen LogP contribution in [0, 0.1) is 0 Å². The summed E-state index contributed by atoms with van der Waals surface area (Å²) in [4.78, 5) is 18.3. The topological polar surface area (TPSA) is 45.2 Å². The number of amides is 1. The van der Waals surface area contributed by atoms with Gasteiger partial charge in [-0.1, -0.05) is 11.6 Å². The van der Waals surface area contributed by atoms with Gasteiger partial charge in [-0.25, -0.2) is 4.98 Å². The molecule has 4 nitrogen and oxygen atoms in total. The first-order chi connectivity index (χ1) is 8.72. The molecule has 2 unspecified atom stereocenters. The normalized spacial score (nSPS) is 25.6. The molecule has 0 aromatic carbocycles. The Hall–Kier alpha value is -0.840. The molecule has 104 valence electrons. The number of likely N-dealkylation sites (tertiary alicyclic amines) is 1. The van der Waals surface area contributed by atoms with Crippen molar-refractivity contribution in [1.82, 2.24) is 15.2 Å². The van der Waals surface area contributed by atoms with E-state index in [-0.39, 0.29) is 18.3 Å². The molecular weight excluding hydrogens is 285 g/mol. The predicted molar refractivity (Wildman–Crippen MR) is 77.0 cm³/mol. The first kappa shape index (κ1) is 14.6. The molecule has 1 aromatic heterocycles. The van der Waals surface area contributed by atoms with Crippen LogP contribution in [0.4, 0.5) is 0 Å². The molecule has 2 aliphatic heterocycles. The number of carbonyl (C=O) groups is 1. The van der Waals surface area contributed by atoms with Crippen molar-refractivity contribution in [3.05, 3.63) is 29.0 Å². The molecule has 1 amide bonds. The zero-order valence-corrected chi connectivity index (χ0v) is 12.1. The number of pyridine rings is 1. The summed E-state index contributed by atoms with van der Waals surface area (Å²) in [5.41, 5.74) is 0.622. The monoisotopic (exact) mass is 301 g/mol. The fourth-order valence-corrected chi connectivity index (χ4v) is 2.92. The van der Waals surface area contributed by atoms with Crippen molar-refractivity contribution in [1.29, 1.82) is 0 Å². The van der Waals surface area contributed by atoms with Crippen molar-refractivity contribution in [2.45, 2.75) is 31.3 Å². The summed E-state index contributed by atoms with van der Waals surface area (Å²) >= 11 is 5.73. The van der Waals surface area contributed by atoms with Crippen LogP contribution in [0.5, 0.6) is 0 Å². The number of nitrogens with zero attached hydrogens (tertiary/aromatic N) is 2. The Kier molecular flexibility index (Phi) is 4.66. The fourth-order valence-electron chi connectivity index (χ4n) is 2.81. The minimum atomic E-state index is 0. The Morgan fingerprint density at radius 3 is 2.84 bits per heavy atom. The Bertz CT molecular complexity index is 452. The van der Waals surface area contributed by atoms with E-state index in [4.69, 9.17) is 11.6 Å². The molecule has 3 heterocycles. The van der Waals surface area contributed by atoms with Gasteiger partial charge in [-0.05, 0) is 31.4 Å². The quantitative estimate of drug-likeness (QED) is 0.808. The third-order valence-corrected chi connectivity index (χ3v) is 4.01. The van der Waals surface area contributed by atoms with Crippen LogP contribution >= 0.6 is 24.0 Å². The largest absolute Gasteiger partial charge is 0.337 e. The van der Waals surface area contributed by atoms with E-state index in [1.165, 1.54) is 12.8 Å². The third-order valence-electron chi connectivity index (χ3n) is 3.78. The minimum Gasteiger partial charge on any atom is -0.337 e. The number of hydrogen-bond acceptors (Lipinski definition) is 3. The van der Waals surface area contributed by atoms with Crippen LogP contribution in [0.3, 0.4) is 0 Å². The lowest BCUT2D eigenvalue weighted by Gasteiger charge is -2.24. The number of carbonyl (C=O) groups excluding carboxylic acids is 1. The van der Waals surface area contributed by atoms with Crippen LogP contribution in [0.1, 0.15) is 29.6 Å². The molecule has 0 aliphatic carbocycles. The van der Waals surface area contributed by atoms with E-state index < -0.39 is 0 Å². The SMILES string of the molecule is Cl.O=C(c1ccc(Cl)nc1)N1CCC2CCC(C1)N2. The smallest absolute Gasteiger partial charge is 0.255 e. The van der Waals surface area contributed by atoms with E-state index in [2.05, 4.69) is 10.3 Å². The Balaban J connectivity index is 0.00000133. The molecule has 6 heteroatoms. The molecule has 2 atom stereocenters. The molecule has 2 aliphatic rings. The summed E-state index contributed by atoms with van der Waals surface area (Å²) in [6.07, 6.45) is 5.02. The maximum absolute atomic E-state index is 12.4. The molecule has 2 bridgehead atoms. The predicted octanol–water partition coefficient (Wildman–Crippen LogP) is 2.12. The van der Waals surface area contributed by atoms with Gasteiger partial charge in [-0.3, -0.25) is 4.79 Å². The van der Waals surface area contributed by atoms with Gasteiger partial charge in [0.15, 0.2) is 0 Å². The summed E-state index contributed by atoms with van der Waals surface area (Å²) in [6, 6.07) is 4.46. The average molecular weight is 302 g/mol. The Morgan fingerprint density at radius 1 is 1.32 bits per heavy atom. The molecule has 2 saturated heterocycles. The van der Waals surface area contributed by atoms with Crippen LogP contribution < -0.4 is 5.32 Å². The molecule has 1 aromatic rings. The average Bonchev–Trinajstić information content (AvgIpc) is 2.69. The maximum atomic E-state index is 12.4. The second-order valence-corrected chi connectivity index (χ2v) is 5.43. The molecule has 2 fully saturated rings. The van der Waals surface area contributed by atoms with E-state index in [1.54, 1.807) is 18.3 Å². The highest BCUT2D eigenvalue weighted by atomic mass is 35.5. The first-order valence-electron chi connectivity index (χ1n) is 6.39. The van der Waals surface area contributed by atoms with Gasteiger partial charge < -0.3 is 10.2 Å². The van der Waals surface area contributed by atoms with E-state index in [1.807, 2.05) is 4.90 Å². The summed E-state index contributed by atoms with van der Waals surface area (Å²) in [7, 11) is 0. The lowest BCUT2D eigenvalue weighted by Crippen LogP contribution is -2.39. The number of halogens is 2. The van der Waals surface area contributed by atoms with Crippen molar-refractivity contribution in [2.24, 2.45) is 0 Å². The standard InChI is InChI=1S/C13H16ClN3O.ClH/c14-12-4-1-9(7-15-12)13(18)17-6-5-10-2-3-11(8-17)16-10;/h1,4,7,10-11,16H,2-3,5-6,8H2;1H. The van der Waals surface area contributed by atoms with Crippen LogP contribution in [0.15, 0.2) is 18.3 Å². The number of hydrogen-bond donors (Lipinski definition) is 1. The van der Waals surface area contributed by atoms with Gasteiger partial charge in [0.05, 0.1) is 5.56 Å². The number of aromatic nitrogens is 1. The highest BCUT2D eigenvalue weighted by Gasteiger charge is 2.31. The van der Waals surface area contributed by atoms with Crippen LogP contribution in [-0.2, 0) is 0 Å². The van der Waals surface area contributed by atoms with Gasteiger partial charge in [-0.2, -0.15) is 0 Å². The zero-order chi connectivity index (χ0) is 12.5. The number of fused-ring (bicyclic) bond motifs is 2. The molecule has 0 saturated carbocycles. The lowest BCUT2D eigenvalue weighted by molar-refractivity contribution is 0.0748. The maximum Gasteiger partial charge on any atom is 0.255 e. The van der Waals surface area contributed by atoms with Crippen molar-refractivity contribution >= 4 is 29.9 Å². The van der Waals surface area contributed by atoms with Gasteiger partial charge in [0.1, 0.15) is 5.15 Å². The highest BCUT2D eigenvalue weighted by Crippen LogP contribution is 2.21. The zero-order valence-electron chi connectivity index (χ0n) is 10.5. The van der Waals surface area contributed by atoms with E-state index in [0.29, 0.717) is 22.8 Å². The van der Waals surface area contributed by atoms with E-state index >= 15 is 0 Å². The molecule has 3 rings (SSSR count).